The standard InChI is InChI=1S/C8H9BrN4O3S/c9-6-3-1-5(2-4-6)7-11-12-8(13(7)10)17(14,15)16/h1-4,8,12H,10H2,(H,14,15,16). The lowest BCUT2D eigenvalue weighted by Gasteiger charge is -2.18. The number of hydrogen-bond donors (Lipinski definition) is 3. The summed E-state index contributed by atoms with van der Waals surface area (Å²) in [6.45, 7) is 0. The van der Waals surface area contributed by atoms with E-state index in [-0.39, 0.29) is 5.84 Å². The summed E-state index contributed by atoms with van der Waals surface area (Å²) >= 11 is 3.28. The number of hydrazone groups is 1. The van der Waals surface area contributed by atoms with Crippen molar-refractivity contribution in [2.24, 2.45) is 10.9 Å². The average molecular weight is 321 g/mol. The highest BCUT2D eigenvalue weighted by molar-refractivity contribution is 9.10. The van der Waals surface area contributed by atoms with Crippen LogP contribution in [0.1, 0.15) is 5.56 Å². The predicted octanol–water partition coefficient (Wildman–Crippen LogP) is 0.0610. The molecule has 1 aromatic rings. The number of amidine groups is 1. The molecule has 0 aliphatic carbocycles. The van der Waals surface area contributed by atoms with E-state index in [1.807, 2.05) is 0 Å². The van der Waals surface area contributed by atoms with Gasteiger partial charge in [-0.05, 0) is 12.1 Å². The van der Waals surface area contributed by atoms with E-state index in [4.69, 9.17) is 10.4 Å². The minimum absolute atomic E-state index is 0.236. The molecular weight excluding hydrogens is 312 g/mol. The Hall–Kier alpha value is -1.16. The van der Waals surface area contributed by atoms with Crippen LogP contribution in [-0.4, -0.2) is 29.3 Å². The van der Waals surface area contributed by atoms with Crippen molar-refractivity contribution in [3.63, 3.8) is 0 Å². The zero-order valence-electron chi connectivity index (χ0n) is 8.41. The van der Waals surface area contributed by atoms with Crippen LogP contribution in [0.3, 0.4) is 0 Å². The van der Waals surface area contributed by atoms with E-state index in [1.54, 1.807) is 24.3 Å². The van der Waals surface area contributed by atoms with Gasteiger partial charge in [0.25, 0.3) is 5.50 Å². The lowest BCUT2D eigenvalue weighted by molar-refractivity contribution is 0.352. The Balaban J connectivity index is 2.29. The summed E-state index contributed by atoms with van der Waals surface area (Å²) < 4.78 is 31.7. The van der Waals surface area contributed by atoms with Gasteiger partial charge in [-0.25, -0.2) is 5.84 Å². The summed E-state index contributed by atoms with van der Waals surface area (Å²) in [5.74, 6) is 5.80. The summed E-state index contributed by atoms with van der Waals surface area (Å²) in [4.78, 5) is 0. The monoisotopic (exact) mass is 320 g/mol. The Bertz CT molecular complexity index is 557. The van der Waals surface area contributed by atoms with Crippen molar-refractivity contribution >= 4 is 31.9 Å². The van der Waals surface area contributed by atoms with Gasteiger partial charge in [0.05, 0.1) is 0 Å². The molecule has 0 radical (unpaired) electrons. The lowest BCUT2D eigenvalue weighted by atomic mass is 10.2. The van der Waals surface area contributed by atoms with Gasteiger partial charge in [0.2, 0.25) is 0 Å². The Morgan fingerprint density at radius 3 is 2.47 bits per heavy atom. The summed E-state index contributed by atoms with van der Waals surface area (Å²) in [6.07, 6.45) is 0. The Morgan fingerprint density at radius 2 is 2.00 bits per heavy atom. The molecule has 0 bridgehead atoms. The molecule has 0 spiro atoms. The van der Waals surface area contributed by atoms with Gasteiger partial charge in [0.1, 0.15) is 0 Å². The van der Waals surface area contributed by atoms with E-state index in [0.717, 1.165) is 9.48 Å². The highest BCUT2D eigenvalue weighted by Crippen LogP contribution is 2.16. The van der Waals surface area contributed by atoms with Crippen LogP contribution < -0.4 is 11.3 Å². The minimum Gasteiger partial charge on any atom is -0.282 e. The molecule has 1 heterocycles. The summed E-state index contributed by atoms with van der Waals surface area (Å²) in [5.41, 5.74) is 1.43. The van der Waals surface area contributed by atoms with E-state index in [9.17, 15) is 8.42 Å². The molecule has 2 rings (SSSR count). The number of hydrazine groups is 1. The Kier molecular flexibility index (Phi) is 3.08. The first-order chi connectivity index (χ1) is 7.89. The van der Waals surface area contributed by atoms with Crippen molar-refractivity contribution in [1.29, 1.82) is 0 Å². The average Bonchev–Trinajstić information content (AvgIpc) is 2.61. The van der Waals surface area contributed by atoms with E-state index in [1.165, 1.54) is 0 Å². The number of nitrogens with zero attached hydrogens (tertiary/aromatic N) is 2. The van der Waals surface area contributed by atoms with Crippen molar-refractivity contribution in [1.82, 2.24) is 10.4 Å². The maximum Gasteiger partial charge on any atom is 0.308 e. The second-order valence-electron chi connectivity index (χ2n) is 3.35. The molecular formula is C8H9BrN4O3S. The molecule has 9 heteroatoms. The molecule has 92 valence electrons. The van der Waals surface area contributed by atoms with Crippen LogP contribution in [0, 0.1) is 0 Å². The third kappa shape index (κ3) is 2.41. The third-order valence-electron chi connectivity index (χ3n) is 2.16. The highest BCUT2D eigenvalue weighted by atomic mass is 79.9. The molecule has 1 aliphatic rings. The van der Waals surface area contributed by atoms with Gasteiger partial charge < -0.3 is 0 Å². The first-order valence-corrected chi connectivity index (χ1v) is 6.78. The minimum atomic E-state index is -4.33. The smallest absolute Gasteiger partial charge is 0.282 e. The largest absolute Gasteiger partial charge is 0.308 e. The van der Waals surface area contributed by atoms with E-state index < -0.39 is 15.6 Å². The van der Waals surface area contributed by atoms with Gasteiger partial charge in [-0.1, -0.05) is 28.1 Å². The fourth-order valence-electron chi connectivity index (χ4n) is 1.37. The highest BCUT2D eigenvalue weighted by Gasteiger charge is 2.35. The van der Waals surface area contributed by atoms with Crippen LogP contribution in [0.15, 0.2) is 33.8 Å². The van der Waals surface area contributed by atoms with Gasteiger partial charge in [-0.3, -0.25) is 15.0 Å². The van der Waals surface area contributed by atoms with E-state index in [2.05, 4.69) is 26.5 Å². The number of halogens is 1. The number of rotatable bonds is 2. The van der Waals surface area contributed by atoms with Crippen LogP contribution in [0.5, 0.6) is 0 Å². The molecule has 17 heavy (non-hydrogen) atoms. The van der Waals surface area contributed by atoms with Crippen LogP contribution >= 0.6 is 15.9 Å². The molecule has 0 aromatic heterocycles. The van der Waals surface area contributed by atoms with Crippen molar-refractivity contribution < 1.29 is 13.0 Å². The number of nitrogens with one attached hydrogen (secondary N) is 1. The number of hydrogen-bond acceptors (Lipinski definition) is 6. The van der Waals surface area contributed by atoms with Crippen molar-refractivity contribution in [2.45, 2.75) is 5.50 Å². The summed E-state index contributed by atoms with van der Waals surface area (Å²) in [7, 11) is -4.33. The maximum absolute atomic E-state index is 11.0. The molecule has 1 atom stereocenters. The molecule has 0 fully saturated rings. The van der Waals surface area contributed by atoms with E-state index >= 15 is 0 Å². The van der Waals surface area contributed by atoms with Crippen molar-refractivity contribution in [3.8, 4) is 0 Å². The van der Waals surface area contributed by atoms with Crippen LogP contribution in [-0.2, 0) is 10.1 Å². The molecule has 0 amide bonds. The molecule has 0 saturated heterocycles. The van der Waals surface area contributed by atoms with Crippen LogP contribution in [0.25, 0.3) is 0 Å². The zero-order chi connectivity index (χ0) is 12.6. The fourth-order valence-corrected chi connectivity index (χ4v) is 2.21. The summed E-state index contributed by atoms with van der Waals surface area (Å²) in [5, 5.41) is 4.64. The molecule has 7 nitrogen and oxygen atoms in total. The Morgan fingerprint density at radius 1 is 1.41 bits per heavy atom. The second-order valence-corrected chi connectivity index (χ2v) is 5.74. The van der Waals surface area contributed by atoms with Crippen molar-refractivity contribution in [2.75, 3.05) is 0 Å². The van der Waals surface area contributed by atoms with Gasteiger partial charge in [-0.2, -0.15) is 13.5 Å². The van der Waals surface area contributed by atoms with Crippen molar-refractivity contribution in [3.05, 3.63) is 34.3 Å². The number of nitrogens with two attached hydrogens (primary N) is 1. The van der Waals surface area contributed by atoms with Crippen LogP contribution in [0.4, 0.5) is 0 Å². The van der Waals surface area contributed by atoms with Gasteiger partial charge in [0, 0.05) is 10.0 Å². The zero-order valence-corrected chi connectivity index (χ0v) is 10.8. The molecule has 0 saturated carbocycles. The van der Waals surface area contributed by atoms with Gasteiger partial charge in [0.15, 0.2) is 5.84 Å². The first kappa shape index (κ1) is 12.3. The fraction of sp³-hybridized carbons (Fsp3) is 0.125. The predicted molar refractivity (Wildman–Crippen MR) is 65.2 cm³/mol. The van der Waals surface area contributed by atoms with Gasteiger partial charge in [-0.15, -0.1) is 0 Å². The third-order valence-corrected chi connectivity index (χ3v) is 3.59. The SMILES string of the molecule is NN1C(c2ccc(Br)cc2)=NNC1S(=O)(=O)O. The normalized spacial score (nSPS) is 20.1. The summed E-state index contributed by atoms with van der Waals surface area (Å²) in [6, 6.07) is 6.98. The molecule has 4 N–H and O–H groups in total. The number of benzene rings is 1. The Labute approximate surface area is 106 Å². The van der Waals surface area contributed by atoms with E-state index in [0.29, 0.717) is 5.56 Å². The molecule has 1 unspecified atom stereocenters. The first-order valence-electron chi connectivity index (χ1n) is 4.49. The topological polar surface area (TPSA) is 108 Å². The van der Waals surface area contributed by atoms with Crippen LogP contribution in [0.2, 0.25) is 0 Å². The quantitative estimate of drug-likeness (QED) is 0.525. The molecule has 1 aliphatic heterocycles. The lowest BCUT2D eigenvalue weighted by Crippen LogP contribution is -2.49. The second kappa shape index (κ2) is 4.26. The van der Waals surface area contributed by atoms with Gasteiger partial charge >= 0.3 is 10.1 Å². The molecule has 1 aromatic carbocycles. The maximum atomic E-state index is 11.0.